The van der Waals surface area contributed by atoms with Crippen LogP contribution in [0.5, 0.6) is 0 Å². The molecule has 0 radical (unpaired) electrons. The first-order valence-electron chi connectivity index (χ1n) is 11.0. The number of aromatic nitrogens is 2. The maximum Gasteiger partial charge on any atom is 0.259 e. The monoisotopic (exact) mass is 434 g/mol. The lowest BCUT2D eigenvalue weighted by Crippen LogP contribution is -2.52. The molecule has 3 heterocycles. The zero-order valence-electron chi connectivity index (χ0n) is 18.5. The molecular formula is C22H34N4O3S. The van der Waals surface area contributed by atoms with Crippen molar-refractivity contribution in [1.82, 2.24) is 20.2 Å². The number of nitrogens with zero attached hydrogens (tertiary/aromatic N) is 2. The number of hydrogen-bond donors (Lipinski definition) is 2. The molecule has 1 saturated heterocycles. The molecule has 2 N–H and O–H groups in total. The third-order valence-corrected chi connectivity index (χ3v) is 7.39. The van der Waals surface area contributed by atoms with Crippen LogP contribution in [0.1, 0.15) is 49.4 Å². The highest BCUT2D eigenvalue weighted by Gasteiger charge is 2.27. The summed E-state index contributed by atoms with van der Waals surface area (Å²) in [6, 6.07) is 0.333. The number of ether oxygens (including phenoxy) is 1. The maximum absolute atomic E-state index is 12.5. The van der Waals surface area contributed by atoms with Crippen LogP contribution in [0.15, 0.2) is 4.79 Å². The van der Waals surface area contributed by atoms with Gasteiger partial charge in [0, 0.05) is 43.4 Å². The predicted octanol–water partition coefficient (Wildman–Crippen LogP) is 2.79. The molecule has 1 aliphatic heterocycles. The molecule has 0 aliphatic carbocycles. The minimum atomic E-state index is -0.113. The number of rotatable bonds is 9. The standard InChI is InChI=1S/C22H34N4O3S/c1-5-16(6-2)17(26-9-11-29-12-10-26)13-23-19(27)8-7-18-24-21(28)20-14(3)15(4)30-22(20)25-18/h16-17H,5-13H2,1-4H3,(H,23,27)(H,24,25,28). The third-order valence-electron chi connectivity index (χ3n) is 6.29. The van der Waals surface area contributed by atoms with Gasteiger partial charge in [-0.25, -0.2) is 4.98 Å². The van der Waals surface area contributed by atoms with E-state index in [0.29, 0.717) is 42.6 Å². The van der Waals surface area contributed by atoms with E-state index < -0.39 is 0 Å². The Morgan fingerprint density at radius 1 is 1.27 bits per heavy atom. The number of thiophene rings is 1. The molecule has 1 unspecified atom stereocenters. The number of nitrogens with one attached hydrogen (secondary N) is 2. The van der Waals surface area contributed by atoms with E-state index in [4.69, 9.17) is 4.74 Å². The van der Waals surface area contributed by atoms with Crippen LogP contribution in [0.25, 0.3) is 10.2 Å². The molecule has 0 spiro atoms. The number of amides is 1. The molecule has 1 aliphatic rings. The van der Waals surface area contributed by atoms with Crippen molar-refractivity contribution in [2.75, 3.05) is 32.8 Å². The lowest BCUT2D eigenvalue weighted by Gasteiger charge is -2.38. The molecule has 7 nitrogen and oxygen atoms in total. The van der Waals surface area contributed by atoms with Crippen molar-refractivity contribution in [2.45, 2.75) is 59.4 Å². The van der Waals surface area contributed by atoms with Crippen LogP contribution < -0.4 is 10.9 Å². The van der Waals surface area contributed by atoms with Gasteiger partial charge in [-0.05, 0) is 25.3 Å². The van der Waals surface area contributed by atoms with E-state index >= 15 is 0 Å². The largest absolute Gasteiger partial charge is 0.379 e. The highest BCUT2D eigenvalue weighted by molar-refractivity contribution is 7.18. The quantitative estimate of drug-likeness (QED) is 0.634. The lowest BCUT2D eigenvalue weighted by molar-refractivity contribution is -0.121. The predicted molar refractivity (Wildman–Crippen MR) is 121 cm³/mol. The molecular weight excluding hydrogens is 400 g/mol. The Labute approximate surface area is 182 Å². The summed E-state index contributed by atoms with van der Waals surface area (Å²) in [5.41, 5.74) is 0.877. The van der Waals surface area contributed by atoms with Gasteiger partial charge in [-0.1, -0.05) is 26.7 Å². The molecule has 30 heavy (non-hydrogen) atoms. The van der Waals surface area contributed by atoms with Gasteiger partial charge in [0.15, 0.2) is 0 Å². The summed E-state index contributed by atoms with van der Waals surface area (Å²) in [5.74, 6) is 1.13. The Bertz CT molecular complexity index is 913. The summed E-state index contributed by atoms with van der Waals surface area (Å²) in [4.78, 5) is 36.7. The fourth-order valence-electron chi connectivity index (χ4n) is 4.29. The van der Waals surface area contributed by atoms with Crippen LogP contribution in [-0.2, 0) is 16.0 Å². The summed E-state index contributed by atoms with van der Waals surface area (Å²) in [7, 11) is 0. The number of carbonyl (C=O) groups is 1. The van der Waals surface area contributed by atoms with Gasteiger partial charge in [-0.15, -0.1) is 11.3 Å². The molecule has 2 aromatic rings. The molecule has 1 fully saturated rings. The smallest absolute Gasteiger partial charge is 0.259 e. The second-order valence-electron chi connectivity index (χ2n) is 8.07. The summed E-state index contributed by atoms with van der Waals surface area (Å²) in [5, 5.41) is 3.80. The third kappa shape index (κ3) is 5.28. The van der Waals surface area contributed by atoms with Gasteiger partial charge in [0.05, 0.1) is 18.6 Å². The van der Waals surface area contributed by atoms with Gasteiger partial charge >= 0.3 is 0 Å². The zero-order chi connectivity index (χ0) is 21.7. The normalized spacial score (nSPS) is 16.3. The Morgan fingerprint density at radius 2 is 1.97 bits per heavy atom. The zero-order valence-corrected chi connectivity index (χ0v) is 19.4. The van der Waals surface area contributed by atoms with E-state index in [1.165, 1.54) is 11.3 Å². The van der Waals surface area contributed by atoms with Crippen LogP contribution in [0.4, 0.5) is 0 Å². The first kappa shape index (κ1) is 22.9. The second kappa shape index (κ2) is 10.5. The van der Waals surface area contributed by atoms with Gasteiger partial charge in [-0.2, -0.15) is 0 Å². The van der Waals surface area contributed by atoms with Crippen LogP contribution in [-0.4, -0.2) is 59.7 Å². The Hall–Kier alpha value is -1.77. The van der Waals surface area contributed by atoms with Crippen molar-refractivity contribution < 1.29 is 9.53 Å². The van der Waals surface area contributed by atoms with Crippen molar-refractivity contribution in [3.63, 3.8) is 0 Å². The number of hydrogen-bond acceptors (Lipinski definition) is 6. The number of carbonyl (C=O) groups excluding carboxylic acids is 1. The molecule has 0 saturated carbocycles. The molecule has 1 amide bonds. The minimum absolute atomic E-state index is 0.000465. The lowest BCUT2D eigenvalue weighted by atomic mass is 9.92. The molecule has 3 rings (SSSR count). The van der Waals surface area contributed by atoms with E-state index in [1.54, 1.807) is 0 Å². The Balaban J connectivity index is 1.59. The first-order valence-corrected chi connectivity index (χ1v) is 11.8. The average molecular weight is 435 g/mol. The summed E-state index contributed by atoms with van der Waals surface area (Å²) in [6.45, 7) is 12.4. The topological polar surface area (TPSA) is 87.3 Å². The van der Waals surface area contributed by atoms with Crippen molar-refractivity contribution in [1.29, 1.82) is 0 Å². The number of aryl methyl sites for hydroxylation is 3. The van der Waals surface area contributed by atoms with Crippen LogP contribution in [0.3, 0.4) is 0 Å². The summed E-state index contributed by atoms with van der Waals surface area (Å²) in [6.07, 6.45) is 2.94. The molecule has 8 heteroatoms. The van der Waals surface area contributed by atoms with Crippen LogP contribution in [0.2, 0.25) is 0 Å². The van der Waals surface area contributed by atoms with E-state index in [1.807, 2.05) is 13.8 Å². The highest BCUT2D eigenvalue weighted by Crippen LogP contribution is 2.25. The van der Waals surface area contributed by atoms with Crippen molar-refractivity contribution >= 4 is 27.5 Å². The number of morpholine rings is 1. The summed E-state index contributed by atoms with van der Waals surface area (Å²) < 4.78 is 5.49. The van der Waals surface area contributed by atoms with Crippen molar-refractivity contribution in [3.05, 3.63) is 26.6 Å². The second-order valence-corrected chi connectivity index (χ2v) is 9.28. The van der Waals surface area contributed by atoms with Gasteiger partial charge in [-0.3, -0.25) is 14.5 Å². The SMILES string of the molecule is CCC(CC)C(CNC(=O)CCc1nc2sc(C)c(C)c2c(=O)[nH]1)N1CCOCC1. The minimum Gasteiger partial charge on any atom is -0.379 e. The van der Waals surface area contributed by atoms with Gasteiger partial charge in [0.25, 0.3) is 5.56 Å². The van der Waals surface area contributed by atoms with E-state index in [0.717, 1.165) is 54.4 Å². The first-order chi connectivity index (χ1) is 14.4. The van der Waals surface area contributed by atoms with Gasteiger partial charge < -0.3 is 15.0 Å². The Kier molecular flexibility index (Phi) is 8.02. The van der Waals surface area contributed by atoms with Crippen molar-refractivity contribution in [3.8, 4) is 0 Å². The average Bonchev–Trinajstić information content (AvgIpc) is 3.04. The van der Waals surface area contributed by atoms with E-state index in [9.17, 15) is 9.59 Å². The molecule has 0 bridgehead atoms. The molecule has 2 aromatic heterocycles. The molecule has 0 aromatic carbocycles. The molecule has 166 valence electrons. The van der Waals surface area contributed by atoms with Crippen LogP contribution in [0, 0.1) is 19.8 Å². The van der Waals surface area contributed by atoms with Gasteiger partial charge in [0.2, 0.25) is 5.91 Å². The molecule has 1 atom stereocenters. The fraction of sp³-hybridized carbons (Fsp3) is 0.682. The highest BCUT2D eigenvalue weighted by atomic mass is 32.1. The summed E-state index contributed by atoms with van der Waals surface area (Å²) >= 11 is 1.53. The van der Waals surface area contributed by atoms with Crippen molar-refractivity contribution in [2.24, 2.45) is 5.92 Å². The number of aromatic amines is 1. The van der Waals surface area contributed by atoms with Crippen LogP contribution >= 0.6 is 11.3 Å². The Morgan fingerprint density at radius 3 is 2.63 bits per heavy atom. The van der Waals surface area contributed by atoms with Gasteiger partial charge in [0.1, 0.15) is 10.7 Å². The number of H-pyrrole nitrogens is 1. The fourth-order valence-corrected chi connectivity index (χ4v) is 5.34. The number of fused-ring (bicyclic) bond motifs is 1. The van der Waals surface area contributed by atoms with E-state index in [2.05, 4.69) is 34.0 Å². The maximum atomic E-state index is 12.5. The van der Waals surface area contributed by atoms with E-state index in [-0.39, 0.29) is 11.5 Å².